The summed E-state index contributed by atoms with van der Waals surface area (Å²) in [5, 5.41) is 10.1. The van der Waals surface area contributed by atoms with Crippen LogP contribution in [0.1, 0.15) is 6.23 Å². The highest BCUT2D eigenvalue weighted by molar-refractivity contribution is 7.46. The maximum atomic E-state index is 11.8. The number of nitrogen functional groups attached to an aromatic ring is 1. The minimum Gasteiger partial charge on any atom is -0.387 e. The minimum absolute atomic E-state index is 0.0233. The van der Waals surface area contributed by atoms with E-state index in [-0.39, 0.29) is 5.82 Å². The summed E-state index contributed by atoms with van der Waals surface area (Å²) >= 11 is 0. The summed E-state index contributed by atoms with van der Waals surface area (Å²) < 4.78 is 26.6. The Morgan fingerprint density at radius 3 is 2.77 bits per heavy atom. The third-order valence-corrected chi connectivity index (χ3v) is 3.60. The molecule has 1 aromatic rings. The monoisotopic (exact) mass is 337 g/mol. The van der Waals surface area contributed by atoms with Gasteiger partial charge in [-0.1, -0.05) is 0 Å². The van der Waals surface area contributed by atoms with E-state index in [1.807, 2.05) is 0 Å². The number of anilines is 1. The molecule has 11 nitrogen and oxygen atoms in total. The van der Waals surface area contributed by atoms with Crippen molar-refractivity contribution in [1.82, 2.24) is 9.55 Å². The van der Waals surface area contributed by atoms with Crippen LogP contribution in [0.5, 0.6) is 0 Å². The summed E-state index contributed by atoms with van der Waals surface area (Å²) in [6.45, 7) is -0.570. The SMILES string of the molecule is COC1C(O)[C@@H](COP(=O)(O)O)OC1n1ccc(N)nc1=O. The summed E-state index contributed by atoms with van der Waals surface area (Å²) in [5.41, 5.74) is 4.68. The lowest BCUT2D eigenvalue weighted by atomic mass is 10.1. The van der Waals surface area contributed by atoms with Crippen LogP contribution in [0.3, 0.4) is 0 Å². The summed E-state index contributed by atoms with van der Waals surface area (Å²) in [6.07, 6.45) is -3.02. The van der Waals surface area contributed by atoms with E-state index in [0.29, 0.717) is 0 Å². The summed E-state index contributed by atoms with van der Waals surface area (Å²) in [6, 6.07) is 1.36. The van der Waals surface area contributed by atoms with Crippen molar-refractivity contribution in [2.45, 2.75) is 24.5 Å². The quantitative estimate of drug-likeness (QED) is 0.450. The van der Waals surface area contributed by atoms with Crippen LogP contribution in [0.25, 0.3) is 0 Å². The normalized spacial score (nSPS) is 28.9. The molecule has 1 aromatic heterocycles. The van der Waals surface area contributed by atoms with Crippen LogP contribution in [-0.2, 0) is 18.6 Å². The Balaban J connectivity index is 2.21. The third kappa shape index (κ3) is 3.70. The first-order valence-electron chi connectivity index (χ1n) is 6.14. The highest BCUT2D eigenvalue weighted by Crippen LogP contribution is 2.38. The van der Waals surface area contributed by atoms with Crippen molar-refractivity contribution in [3.05, 3.63) is 22.7 Å². The minimum atomic E-state index is -4.71. The van der Waals surface area contributed by atoms with Gasteiger partial charge in [-0.25, -0.2) is 9.36 Å². The van der Waals surface area contributed by atoms with Crippen molar-refractivity contribution in [3.63, 3.8) is 0 Å². The van der Waals surface area contributed by atoms with Gasteiger partial charge in [0.15, 0.2) is 6.23 Å². The zero-order valence-electron chi connectivity index (χ0n) is 11.5. The molecule has 3 unspecified atom stereocenters. The van der Waals surface area contributed by atoms with Gasteiger partial charge in [0, 0.05) is 13.3 Å². The van der Waals surface area contributed by atoms with Gasteiger partial charge in [0.05, 0.1) is 6.61 Å². The Kier molecular flexibility index (Phi) is 4.97. The zero-order chi connectivity index (χ0) is 16.5. The fraction of sp³-hybridized carbons (Fsp3) is 0.600. The van der Waals surface area contributed by atoms with Crippen LogP contribution in [0.15, 0.2) is 17.1 Å². The lowest BCUT2D eigenvalue weighted by Crippen LogP contribution is -2.37. The average molecular weight is 337 g/mol. The van der Waals surface area contributed by atoms with E-state index < -0.39 is 44.7 Å². The molecule has 124 valence electrons. The van der Waals surface area contributed by atoms with E-state index in [9.17, 15) is 14.5 Å². The highest BCUT2D eigenvalue weighted by Gasteiger charge is 2.46. The molecule has 0 bridgehead atoms. The molecule has 1 saturated heterocycles. The number of aliphatic hydroxyl groups excluding tert-OH is 1. The van der Waals surface area contributed by atoms with E-state index in [4.69, 9.17) is 25.0 Å². The second-order valence-electron chi connectivity index (χ2n) is 4.58. The summed E-state index contributed by atoms with van der Waals surface area (Å²) in [5.74, 6) is 0.0233. The van der Waals surface area contributed by atoms with E-state index >= 15 is 0 Å². The first-order valence-corrected chi connectivity index (χ1v) is 7.67. The predicted molar refractivity (Wildman–Crippen MR) is 71.6 cm³/mol. The number of hydrogen-bond acceptors (Lipinski definition) is 8. The first kappa shape index (κ1) is 17.0. The lowest BCUT2D eigenvalue weighted by Gasteiger charge is -2.20. The second kappa shape index (κ2) is 6.42. The number of phosphoric acid groups is 1. The Labute approximate surface area is 124 Å². The molecule has 0 radical (unpaired) electrons. The number of rotatable bonds is 5. The van der Waals surface area contributed by atoms with Crippen LogP contribution >= 0.6 is 7.82 Å². The van der Waals surface area contributed by atoms with Crippen molar-refractivity contribution < 1.29 is 33.5 Å². The molecule has 2 rings (SSSR count). The van der Waals surface area contributed by atoms with Gasteiger partial charge in [0.25, 0.3) is 0 Å². The van der Waals surface area contributed by atoms with Gasteiger partial charge in [0.1, 0.15) is 24.1 Å². The first-order chi connectivity index (χ1) is 10.2. The maximum absolute atomic E-state index is 11.8. The molecule has 22 heavy (non-hydrogen) atoms. The van der Waals surface area contributed by atoms with Crippen LogP contribution < -0.4 is 11.4 Å². The van der Waals surface area contributed by atoms with Crippen molar-refractivity contribution in [2.75, 3.05) is 19.5 Å². The van der Waals surface area contributed by atoms with Gasteiger partial charge in [0.2, 0.25) is 0 Å². The van der Waals surface area contributed by atoms with Crippen molar-refractivity contribution in [1.29, 1.82) is 0 Å². The van der Waals surface area contributed by atoms with Crippen molar-refractivity contribution >= 4 is 13.6 Å². The Morgan fingerprint density at radius 2 is 2.23 bits per heavy atom. The molecule has 4 atom stereocenters. The summed E-state index contributed by atoms with van der Waals surface area (Å²) in [4.78, 5) is 32.7. The fourth-order valence-electron chi connectivity index (χ4n) is 2.12. The smallest absolute Gasteiger partial charge is 0.387 e. The van der Waals surface area contributed by atoms with E-state index in [2.05, 4.69) is 9.51 Å². The van der Waals surface area contributed by atoms with Crippen LogP contribution in [0.2, 0.25) is 0 Å². The number of ether oxygens (including phenoxy) is 2. The molecule has 1 fully saturated rings. The highest BCUT2D eigenvalue weighted by atomic mass is 31.2. The molecule has 0 aromatic carbocycles. The predicted octanol–water partition coefficient (Wildman–Crippen LogP) is -1.79. The Morgan fingerprint density at radius 1 is 1.55 bits per heavy atom. The number of aliphatic hydroxyl groups is 1. The number of nitrogens with two attached hydrogens (primary N) is 1. The standard InChI is InChI=1S/C10H16N3O8P/c1-19-8-7(14)5(4-20-22(16,17)18)21-9(8)13-3-2-6(11)12-10(13)15/h2-3,5,7-9,14H,4H2,1H3,(H2,11,12,15)(H2,16,17,18)/t5-,7?,8?,9?/m1/s1. The van der Waals surface area contributed by atoms with Gasteiger partial charge >= 0.3 is 13.5 Å². The maximum Gasteiger partial charge on any atom is 0.469 e. The van der Waals surface area contributed by atoms with Crippen LogP contribution in [-0.4, -0.2) is 56.5 Å². The van der Waals surface area contributed by atoms with Crippen molar-refractivity contribution in [2.24, 2.45) is 0 Å². The number of phosphoric ester groups is 1. The van der Waals surface area contributed by atoms with Gasteiger partial charge in [-0.15, -0.1) is 0 Å². The van der Waals surface area contributed by atoms with E-state index in [1.165, 1.54) is 19.4 Å². The lowest BCUT2D eigenvalue weighted by molar-refractivity contribution is -0.0619. The van der Waals surface area contributed by atoms with E-state index in [0.717, 1.165) is 4.57 Å². The average Bonchev–Trinajstić information content (AvgIpc) is 2.72. The third-order valence-electron chi connectivity index (χ3n) is 3.12. The second-order valence-corrected chi connectivity index (χ2v) is 5.82. The van der Waals surface area contributed by atoms with Gasteiger partial charge in [-0.2, -0.15) is 4.98 Å². The van der Waals surface area contributed by atoms with Crippen LogP contribution in [0.4, 0.5) is 5.82 Å². The summed E-state index contributed by atoms with van der Waals surface area (Å²) in [7, 11) is -3.41. The largest absolute Gasteiger partial charge is 0.469 e. The fourth-order valence-corrected chi connectivity index (χ4v) is 2.47. The molecule has 1 aliphatic rings. The van der Waals surface area contributed by atoms with Crippen LogP contribution in [0, 0.1) is 0 Å². The molecule has 12 heteroatoms. The molecule has 0 saturated carbocycles. The Hall–Kier alpha value is -1.33. The van der Waals surface area contributed by atoms with Gasteiger partial charge in [-0.3, -0.25) is 9.09 Å². The molecule has 1 aliphatic heterocycles. The number of methoxy groups -OCH3 is 1. The molecular formula is C10H16N3O8P. The molecular weight excluding hydrogens is 321 g/mol. The number of hydrogen-bond donors (Lipinski definition) is 4. The molecule has 2 heterocycles. The molecule has 0 amide bonds. The number of aromatic nitrogens is 2. The molecule has 0 spiro atoms. The van der Waals surface area contributed by atoms with Gasteiger partial charge in [-0.05, 0) is 6.07 Å². The topological polar surface area (TPSA) is 166 Å². The zero-order valence-corrected chi connectivity index (χ0v) is 12.4. The number of nitrogens with zero attached hydrogens (tertiary/aromatic N) is 2. The van der Waals surface area contributed by atoms with Gasteiger partial charge < -0.3 is 30.1 Å². The Bertz CT molecular complexity index is 631. The van der Waals surface area contributed by atoms with Crippen molar-refractivity contribution in [3.8, 4) is 0 Å². The molecule has 5 N–H and O–H groups in total. The van der Waals surface area contributed by atoms with E-state index in [1.54, 1.807) is 0 Å². The molecule has 0 aliphatic carbocycles.